The van der Waals surface area contributed by atoms with Gasteiger partial charge in [-0.3, -0.25) is 4.79 Å². The van der Waals surface area contributed by atoms with E-state index in [0.717, 1.165) is 10.2 Å². The third-order valence-electron chi connectivity index (χ3n) is 3.27. The van der Waals surface area contributed by atoms with Crippen LogP contribution >= 0.6 is 34.5 Å². The summed E-state index contributed by atoms with van der Waals surface area (Å²) in [5.74, 6) is 0.0393. The monoisotopic (exact) mass is 394 g/mol. The van der Waals surface area contributed by atoms with Gasteiger partial charge in [-0.05, 0) is 35.9 Å². The van der Waals surface area contributed by atoms with Crippen LogP contribution in [0.4, 0.5) is 5.13 Å². The number of nitrogen functional groups attached to an aromatic ring is 1. The number of aromatic nitrogens is 1. The molecular weight excluding hydrogens is 383 g/mol. The summed E-state index contributed by atoms with van der Waals surface area (Å²) in [6, 6.07) is 8.38. The molecule has 0 bridgehead atoms. The highest BCUT2D eigenvalue weighted by atomic mass is 35.5. The van der Waals surface area contributed by atoms with Gasteiger partial charge < -0.3 is 10.5 Å². The number of hydrazone groups is 1. The lowest BCUT2D eigenvalue weighted by Crippen LogP contribution is -2.17. The number of ether oxygens (including phenoxy) is 1. The number of amides is 1. The van der Waals surface area contributed by atoms with Crippen molar-refractivity contribution in [2.45, 2.75) is 0 Å². The first-order valence-electron chi connectivity index (χ1n) is 7.00. The molecule has 3 aromatic rings. The molecule has 128 valence electrons. The van der Waals surface area contributed by atoms with Crippen LogP contribution < -0.4 is 15.9 Å². The highest BCUT2D eigenvalue weighted by molar-refractivity contribution is 7.22. The van der Waals surface area contributed by atoms with Crippen LogP contribution in [0.15, 0.2) is 35.4 Å². The first kappa shape index (κ1) is 17.5. The fraction of sp³-hybridized carbons (Fsp3) is 0.0625. The molecule has 0 saturated heterocycles. The fourth-order valence-electron chi connectivity index (χ4n) is 2.16. The largest absolute Gasteiger partial charge is 0.494 e. The molecule has 0 saturated carbocycles. The molecule has 0 aliphatic heterocycles. The zero-order valence-electron chi connectivity index (χ0n) is 12.9. The van der Waals surface area contributed by atoms with Gasteiger partial charge in [-0.15, -0.1) is 0 Å². The summed E-state index contributed by atoms with van der Waals surface area (Å²) in [6.07, 6.45) is 1.44. The van der Waals surface area contributed by atoms with Gasteiger partial charge in [-0.25, -0.2) is 10.4 Å². The fourth-order valence-corrected chi connectivity index (χ4v) is 3.59. The Kier molecular flexibility index (Phi) is 5.08. The van der Waals surface area contributed by atoms with Gasteiger partial charge in [-0.1, -0.05) is 34.5 Å². The predicted molar refractivity (Wildman–Crippen MR) is 102 cm³/mol. The predicted octanol–water partition coefficient (Wildman–Crippen LogP) is 3.96. The molecule has 25 heavy (non-hydrogen) atoms. The molecule has 0 aliphatic carbocycles. The van der Waals surface area contributed by atoms with Crippen molar-refractivity contribution in [3.63, 3.8) is 0 Å². The number of halogens is 2. The van der Waals surface area contributed by atoms with E-state index < -0.39 is 0 Å². The third kappa shape index (κ3) is 3.84. The standard InChI is InChI=1S/C16H12Cl2N4O2S/c1-24-14-10(17)4-8(5-11(14)18)7-20-22-15(23)9-2-3-12-13(6-9)25-16(19)21-12/h2-7H,1H3,(H2,19,21)(H,22,23)/b20-7-. The van der Waals surface area contributed by atoms with Gasteiger partial charge in [0.15, 0.2) is 10.9 Å². The van der Waals surface area contributed by atoms with Crippen LogP contribution in [0.5, 0.6) is 5.75 Å². The second-order valence-electron chi connectivity index (χ2n) is 4.95. The maximum absolute atomic E-state index is 12.2. The van der Waals surface area contributed by atoms with Gasteiger partial charge in [0.1, 0.15) is 0 Å². The third-order valence-corrected chi connectivity index (χ3v) is 4.68. The summed E-state index contributed by atoms with van der Waals surface area (Å²) in [6.45, 7) is 0. The molecule has 1 heterocycles. The molecule has 0 unspecified atom stereocenters. The summed E-state index contributed by atoms with van der Waals surface area (Å²) >= 11 is 13.4. The van der Waals surface area contributed by atoms with Crippen LogP contribution in [0.2, 0.25) is 10.0 Å². The van der Waals surface area contributed by atoms with Gasteiger partial charge in [0.2, 0.25) is 0 Å². The van der Waals surface area contributed by atoms with Crippen molar-refractivity contribution in [2.75, 3.05) is 12.8 Å². The van der Waals surface area contributed by atoms with Crippen molar-refractivity contribution in [2.24, 2.45) is 5.10 Å². The van der Waals surface area contributed by atoms with Gasteiger partial charge in [0.05, 0.1) is 33.6 Å². The second-order valence-corrected chi connectivity index (χ2v) is 6.83. The number of carbonyl (C=O) groups excluding carboxylic acids is 1. The van der Waals surface area contributed by atoms with Crippen LogP contribution in [0.3, 0.4) is 0 Å². The molecule has 0 spiro atoms. The Morgan fingerprint density at radius 1 is 1.32 bits per heavy atom. The van der Waals surface area contributed by atoms with Gasteiger partial charge >= 0.3 is 0 Å². The number of benzene rings is 2. The molecule has 9 heteroatoms. The van der Waals surface area contributed by atoms with Crippen molar-refractivity contribution in [1.82, 2.24) is 10.4 Å². The van der Waals surface area contributed by atoms with Gasteiger partial charge in [-0.2, -0.15) is 5.10 Å². The van der Waals surface area contributed by atoms with E-state index in [1.807, 2.05) is 0 Å². The number of nitrogens with one attached hydrogen (secondary N) is 1. The van der Waals surface area contributed by atoms with E-state index in [2.05, 4.69) is 15.5 Å². The molecule has 6 nitrogen and oxygen atoms in total. The number of nitrogens with two attached hydrogens (primary N) is 1. The van der Waals surface area contributed by atoms with Gasteiger partial charge in [0, 0.05) is 5.56 Å². The molecule has 1 aromatic heterocycles. The van der Waals surface area contributed by atoms with Crippen molar-refractivity contribution in [3.8, 4) is 5.75 Å². The van der Waals surface area contributed by atoms with E-state index in [9.17, 15) is 4.79 Å². The molecule has 2 aromatic carbocycles. The number of thiazole rings is 1. The van der Waals surface area contributed by atoms with Crippen LogP contribution in [-0.2, 0) is 0 Å². The van der Waals surface area contributed by atoms with Crippen LogP contribution in [0.1, 0.15) is 15.9 Å². The van der Waals surface area contributed by atoms with Crippen LogP contribution in [0, 0.1) is 0 Å². The minimum absolute atomic E-state index is 0.351. The number of hydrogen-bond donors (Lipinski definition) is 2. The molecule has 0 aliphatic rings. The Labute approximate surface area is 157 Å². The maximum Gasteiger partial charge on any atom is 0.271 e. The Morgan fingerprint density at radius 3 is 2.72 bits per heavy atom. The topological polar surface area (TPSA) is 89.6 Å². The molecular formula is C16H12Cl2N4O2S. The van der Waals surface area contributed by atoms with Gasteiger partial charge in [0.25, 0.3) is 5.91 Å². The molecule has 0 atom stereocenters. The number of hydrogen-bond acceptors (Lipinski definition) is 6. The Balaban J connectivity index is 1.73. The van der Waals surface area contributed by atoms with E-state index >= 15 is 0 Å². The maximum atomic E-state index is 12.2. The molecule has 0 radical (unpaired) electrons. The summed E-state index contributed by atoms with van der Waals surface area (Å²) in [4.78, 5) is 16.3. The number of fused-ring (bicyclic) bond motifs is 1. The van der Waals surface area contributed by atoms with Crippen molar-refractivity contribution < 1.29 is 9.53 Å². The lowest BCUT2D eigenvalue weighted by Gasteiger charge is -2.06. The van der Waals surface area contributed by atoms with Crippen molar-refractivity contribution in [3.05, 3.63) is 51.5 Å². The van der Waals surface area contributed by atoms with Crippen molar-refractivity contribution in [1.29, 1.82) is 0 Å². The lowest BCUT2D eigenvalue weighted by atomic mass is 10.2. The molecule has 0 fully saturated rings. The lowest BCUT2D eigenvalue weighted by molar-refractivity contribution is 0.0955. The number of carbonyl (C=O) groups is 1. The summed E-state index contributed by atoms with van der Waals surface area (Å²) in [5, 5.41) is 5.09. The quantitative estimate of drug-likeness (QED) is 0.517. The van der Waals surface area contributed by atoms with E-state index in [1.54, 1.807) is 30.3 Å². The zero-order chi connectivity index (χ0) is 18.0. The van der Waals surface area contributed by atoms with Crippen molar-refractivity contribution >= 4 is 62.0 Å². The highest BCUT2D eigenvalue weighted by Gasteiger charge is 2.09. The van der Waals surface area contributed by atoms with E-state index in [1.165, 1.54) is 24.7 Å². The average molecular weight is 395 g/mol. The second kappa shape index (κ2) is 7.26. The normalized spacial score (nSPS) is 11.2. The molecule has 3 rings (SSSR count). The number of rotatable bonds is 4. The summed E-state index contributed by atoms with van der Waals surface area (Å²) in [7, 11) is 1.48. The summed E-state index contributed by atoms with van der Waals surface area (Å²) < 4.78 is 5.91. The SMILES string of the molecule is COc1c(Cl)cc(/C=N\NC(=O)c2ccc3nc(N)sc3c2)cc1Cl. The minimum atomic E-state index is -0.351. The van der Waals surface area contributed by atoms with E-state index in [0.29, 0.717) is 32.1 Å². The number of methoxy groups -OCH3 is 1. The zero-order valence-corrected chi connectivity index (χ0v) is 15.2. The first-order valence-corrected chi connectivity index (χ1v) is 8.57. The first-order chi connectivity index (χ1) is 12.0. The molecule has 3 N–H and O–H groups in total. The van der Waals surface area contributed by atoms with Crippen LogP contribution in [0.25, 0.3) is 10.2 Å². The van der Waals surface area contributed by atoms with E-state index in [-0.39, 0.29) is 5.91 Å². The minimum Gasteiger partial charge on any atom is -0.494 e. The molecule has 1 amide bonds. The van der Waals surface area contributed by atoms with Crippen LogP contribution in [-0.4, -0.2) is 24.2 Å². The number of nitrogens with zero attached hydrogens (tertiary/aromatic N) is 2. The van der Waals surface area contributed by atoms with E-state index in [4.69, 9.17) is 33.7 Å². The average Bonchev–Trinajstić information content (AvgIpc) is 2.93. The highest BCUT2D eigenvalue weighted by Crippen LogP contribution is 2.33. The summed E-state index contributed by atoms with van der Waals surface area (Å²) in [5.41, 5.74) is 9.95. The Morgan fingerprint density at radius 2 is 2.04 bits per heavy atom. The Bertz CT molecular complexity index is 964. The smallest absolute Gasteiger partial charge is 0.271 e. The number of anilines is 1. The Hall–Kier alpha value is -2.35.